The number of aromatic nitrogens is 3. The molecule has 5 heteroatoms. The zero-order valence-electron chi connectivity index (χ0n) is 13.1. The molecule has 0 aromatic carbocycles. The van der Waals surface area contributed by atoms with Crippen molar-refractivity contribution in [1.29, 1.82) is 0 Å². The van der Waals surface area contributed by atoms with E-state index in [0.29, 0.717) is 12.1 Å². The summed E-state index contributed by atoms with van der Waals surface area (Å²) in [6.45, 7) is 7.05. The van der Waals surface area contributed by atoms with Crippen molar-refractivity contribution in [3.05, 3.63) is 11.6 Å². The lowest BCUT2D eigenvalue weighted by atomic mass is 10.0. The molecule has 0 bridgehead atoms. The number of nitrogens with one attached hydrogen (secondary N) is 1. The summed E-state index contributed by atoms with van der Waals surface area (Å²) in [5.41, 5.74) is 0. The van der Waals surface area contributed by atoms with Crippen molar-refractivity contribution in [2.45, 2.75) is 64.1 Å². The maximum atomic E-state index is 4.41. The summed E-state index contributed by atoms with van der Waals surface area (Å²) in [5, 5.41) is 12.5. The molecule has 3 heterocycles. The van der Waals surface area contributed by atoms with Crippen molar-refractivity contribution in [3.63, 3.8) is 0 Å². The van der Waals surface area contributed by atoms with Crippen LogP contribution in [0.3, 0.4) is 0 Å². The molecule has 5 nitrogen and oxygen atoms in total. The number of hydrogen-bond donors (Lipinski definition) is 1. The Hall–Kier alpha value is -0.940. The zero-order valence-corrected chi connectivity index (χ0v) is 13.1. The molecule has 21 heavy (non-hydrogen) atoms. The van der Waals surface area contributed by atoms with Gasteiger partial charge in [-0.1, -0.05) is 0 Å². The number of aryl methyl sites for hydroxylation is 1. The highest BCUT2D eigenvalue weighted by atomic mass is 15.3. The van der Waals surface area contributed by atoms with Crippen LogP contribution in [0.2, 0.25) is 0 Å². The van der Waals surface area contributed by atoms with E-state index in [2.05, 4.69) is 31.9 Å². The molecule has 2 aliphatic heterocycles. The molecule has 4 rings (SSSR count). The molecule has 0 amide bonds. The van der Waals surface area contributed by atoms with Crippen molar-refractivity contribution in [2.75, 3.05) is 19.6 Å². The Balaban J connectivity index is 1.32. The first-order valence-electron chi connectivity index (χ1n) is 8.67. The maximum Gasteiger partial charge on any atom is 0.150 e. The van der Waals surface area contributed by atoms with Gasteiger partial charge in [-0.05, 0) is 64.5 Å². The third kappa shape index (κ3) is 2.99. The second-order valence-corrected chi connectivity index (χ2v) is 7.14. The largest absolute Gasteiger partial charge is 0.314 e. The minimum Gasteiger partial charge on any atom is -0.314 e. The van der Waals surface area contributed by atoms with E-state index in [0.717, 1.165) is 18.3 Å². The first-order valence-corrected chi connectivity index (χ1v) is 8.67. The van der Waals surface area contributed by atoms with E-state index in [1.165, 1.54) is 64.0 Å². The number of piperidine rings is 1. The fourth-order valence-electron chi connectivity index (χ4n) is 3.90. The highest BCUT2D eigenvalue weighted by Crippen LogP contribution is 2.31. The van der Waals surface area contributed by atoms with E-state index in [1.54, 1.807) is 0 Å². The van der Waals surface area contributed by atoms with Crippen LogP contribution in [0.1, 0.15) is 56.2 Å². The van der Waals surface area contributed by atoms with Gasteiger partial charge < -0.3 is 14.8 Å². The topological polar surface area (TPSA) is 46.0 Å². The molecule has 1 aliphatic carbocycles. The highest BCUT2D eigenvalue weighted by Gasteiger charge is 2.30. The fraction of sp³-hybridized carbons (Fsp3) is 0.875. The van der Waals surface area contributed by atoms with Crippen molar-refractivity contribution in [1.82, 2.24) is 25.0 Å². The predicted octanol–water partition coefficient (Wildman–Crippen LogP) is 1.89. The van der Waals surface area contributed by atoms with Gasteiger partial charge in [0.05, 0.1) is 6.04 Å². The van der Waals surface area contributed by atoms with Crippen LogP contribution in [-0.2, 0) is 6.54 Å². The molecule has 1 N–H and O–H groups in total. The van der Waals surface area contributed by atoms with E-state index in [9.17, 15) is 0 Å². The lowest BCUT2D eigenvalue weighted by molar-refractivity contribution is 0.179. The van der Waals surface area contributed by atoms with Crippen LogP contribution >= 0.6 is 0 Å². The summed E-state index contributed by atoms with van der Waals surface area (Å²) >= 11 is 0. The number of nitrogens with zero attached hydrogens (tertiary/aromatic N) is 4. The number of rotatable bonds is 4. The van der Waals surface area contributed by atoms with Crippen molar-refractivity contribution in [3.8, 4) is 0 Å². The molecule has 1 saturated heterocycles. The van der Waals surface area contributed by atoms with Crippen molar-refractivity contribution in [2.24, 2.45) is 5.92 Å². The van der Waals surface area contributed by atoms with Crippen LogP contribution in [-0.4, -0.2) is 45.3 Å². The monoisotopic (exact) mass is 289 g/mol. The number of fused-ring (bicyclic) bond motifs is 1. The summed E-state index contributed by atoms with van der Waals surface area (Å²) in [5.74, 6) is 3.25. The molecule has 3 aliphatic rings. The summed E-state index contributed by atoms with van der Waals surface area (Å²) in [4.78, 5) is 2.67. The maximum absolute atomic E-state index is 4.41. The molecular formula is C16H27N5. The smallest absolute Gasteiger partial charge is 0.150 e. The van der Waals surface area contributed by atoms with Gasteiger partial charge in [-0.15, -0.1) is 10.2 Å². The Labute approximate surface area is 127 Å². The van der Waals surface area contributed by atoms with Gasteiger partial charge in [0.15, 0.2) is 0 Å². The van der Waals surface area contributed by atoms with Gasteiger partial charge in [-0.3, -0.25) is 0 Å². The molecule has 1 aromatic heterocycles. The van der Waals surface area contributed by atoms with E-state index in [-0.39, 0.29) is 0 Å². The molecule has 1 unspecified atom stereocenters. The van der Waals surface area contributed by atoms with Gasteiger partial charge in [-0.2, -0.15) is 0 Å². The number of likely N-dealkylation sites (tertiary alicyclic amines) is 1. The van der Waals surface area contributed by atoms with E-state index in [4.69, 9.17) is 0 Å². The quantitative estimate of drug-likeness (QED) is 0.919. The van der Waals surface area contributed by atoms with Crippen molar-refractivity contribution >= 4 is 0 Å². The molecule has 1 atom stereocenters. The summed E-state index contributed by atoms with van der Waals surface area (Å²) in [6, 6.07) is 1.08. The van der Waals surface area contributed by atoms with Crippen molar-refractivity contribution < 1.29 is 0 Å². The zero-order chi connectivity index (χ0) is 14.2. The second kappa shape index (κ2) is 5.69. The highest BCUT2D eigenvalue weighted by molar-refractivity contribution is 5.04. The minimum absolute atomic E-state index is 0.417. The summed E-state index contributed by atoms with van der Waals surface area (Å²) < 4.78 is 2.30. The predicted molar refractivity (Wildman–Crippen MR) is 82.1 cm³/mol. The SMILES string of the molecule is Cc1nnc2n1CCCC2NC1CCN(CC2CC2)CC1. The second-order valence-electron chi connectivity index (χ2n) is 7.14. The van der Waals surface area contributed by atoms with Crippen LogP contribution in [0.15, 0.2) is 0 Å². The molecule has 116 valence electrons. The number of hydrogen-bond acceptors (Lipinski definition) is 4. The summed E-state index contributed by atoms with van der Waals surface area (Å²) in [7, 11) is 0. The minimum atomic E-state index is 0.417. The van der Waals surface area contributed by atoms with E-state index >= 15 is 0 Å². The van der Waals surface area contributed by atoms with Gasteiger partial charge in [0, 0.05) is 19.1 Å². The van der Waals surface area contributed by atoms with E-state index < -0.39 is 0 Å². The van der Waals surface area contributed by atoms with Crippen LogP contribution in [0.4, 0.5) is 0 Å². The van der Waals surface area contributed by atoms with Gasteiger partial charge in [0.1, 0.15) is 11.6 Å². The van der Waals surface area contributed by atoms with Gasteiger partial charge in [0.25, 0.3) is 0 Å². The third-order valence-electron chi connectivity index (χ3n) is 5.39. The molecule has 0 radical (unpaired) electrons. The van der Waals surface area contributed by atoms with Crippen LogP contribution in [0, 0.1) is 12.8 Å². The molecule has 0 spiro atoms. The fourth-order valence-corrected chi connectivity index (χ4v) is 3.90. The van der Waals surface area contributed by atoms with Crippen LogP contribution < -0.4 is 5.32 Å². The molecule has 1 aromatic rings. The Morgan fingerprint density at radius 2 is 1.86 bits per heavy atom. The Bertz CT molecular complexity index is 485. The lowest BCUT2D eigenvalue weighted by Crippen LogP contribution is -2.45. The Morgan fingerprint density at radius 1 is 1.05 bits per heavy atom. The molecular weight excluding hydrogens is 262 g/mol. The average Bonchev–Trinajstić information content (AvgIpc) is 3.24. The first-order chi connectivity index (χ1) is 10.3. The Morgan fingerprint density at radius 3 is 2.62 bits per heavy atom. The molecule has 1 saturated carbocycles. The average molecular weight is 289 g/mol. The van der Waals surface area contributed by atoms with E-state index in [1.807, 2.05) is 0 Å². The Kier molecular flexibility index (Phi) is 3.71. The van der Waals surface area contributed by atoms with Gasteiger partial charge >= 0.3 is 0 Å². The van der Waals surface area contributed by atoms with Gasteiger partial charge in [0.2, 0.25) is 0 Å². The normalized spacial score (nSPS) is 27.8. The van der Waals surface area contributed by atoms with Crippen LogP contribution in [0.25, 0.3) is 0 Å². The van der Waals surface area contributed by atoms with Gasteiger partial charge in [-0.25, -0.2) is 0 Å². The standard InChI is InChI=1S/C16H27N5/c1-12-18-19-16-15(3-2-8-21(12)16)17-14-6-9-20(10-7-14)11-13-4-5-13/h13-15,17H,2-11H2,1H3. The third-order valence-corrected chi connectivity index (χ3v) is 5.39. The van der Waals surface area contributed by atoms with Crippen LogP contribution in [0.5, 0.6) is 0 Å². The molecule has 2 fully saturated rings. The first kappa shape index (κ1) is 13.7. The summed E-state index contributed by atoms with van der Waals surface area (Å²) in [6.07, 6.45) is 7.96. The lowest BCUT2D eigenvalue weighted by Gasteiger charge is -2.35.